The first-order chi connectivity index (χ1) is 7.66. The normalized spacial score (nSPS) is 10.0. The van der Waals surface area contributed by atoms with Gasteiger partial charge < -0.3 is 10.2 Å². The molecule has 0 bridgehead atoms. The van der Waals surface area contributed by atoms with Crippen LogP contribution in [-0.2, 0) is 0 Å². The molecular formula is C13H9O3-. The van der Waals surface area contributed by atoms with Gasteiger partial charge in [0.2, 0.25) is 0 Å². The van der Waals surface area contributed by atoms with Gasteiger partial charge in [-0.05, 0) is 23.3 Å². The molecule has 0 saturated heterocycles. The first kappa shape index (κ1) is 10.2. The molecule has 0 saturated carbocycles. The lowest BCUT2D eigenvalue weighted by Gasteiger charge is -2.08. The number of rotatable bonds is 2. The Hall–Kier alpha value is -2.29. The first-order valence-electron chi connectivity index (χ1n) is 4.77. The highest BCUT2D eigenvalue weighted by Crippen LogP contribution is 2.22. The van der Waals surface area contributed by atoms with Crippen LogP contribution in [-0.4, -0.2) is 11.1 Å². The second-order valence-electron chi connectivity index (χ2n) is 3.41. The monoisotopic (exact) mass is 213 g/mol. The molecule has 0 radical (unpaired) electrons. The van der Waals surface area contributed by atoms with Crippen molar-refractivity contribution in [3.8, 4) is 16.9 Å². The molecule has 2 aromatic carbocycles. The van der Waals surface area contributed by atoms with Crippen molar-refractivity contribution in [3.63, 3.8) is 0 Å². The second kappa shape index (κ2) is 4.06. The molecule has 0 aromatic heterocycles. The predicted molar refractivity (Wildman–Crippen MR) is 58.3 cm³/mol. The Balaban J connectivity index is 2.38. The van der Waals surface area contributed by atoms with E-state index in [1.165, 1.54) is 24.3 Å². The maximum atomic E-state index is 11.1. The molecule has 16 heavy (non-hydrogen) atoms. The summed E-state index contributed by atoms with van der Waals surface area (Å²) in [4.78, 5) is 10.7. The molecule has 0 aliphatic carbocycles. The van der Waals surface area contributed by atoms with Crippen LogP contribution in [0.5, 0.6) is 5.75 Å². The summed E-state index contributed by atoms with van der Waals surface area (Å²) in [5.74, 6) is -1.01. The zero-order valence-corrected chi connectivity index (χ0v) is 8.38. The van der Waals surface area contributed by atoms with Crippen LogP contribution in [0.25, 0.3) is 11.1 Å². The van der Waals surface area contributed by atoms with Gasteiger partial charge in [0.25, 0.3) is 0 Å². The Morgan fingerprint density at radius 3 is 2.25 bits per heavy atom. The first-order valence-corrected chi connectivity index (χ1v) is 4.77. The fourth-order valence-corrected chi connectivity index (χ4v) is 1.48. The number of hydrogen-bond acceptors (Lipinski definition) is 2. The average molecular weight is 213 g/mol. The molecule has 2 aromatic rings. The van der Waals surface area contributed by atoms with Crippen LogP contribution in [0, 0.1) is 0 Å². The van der Waals surface area contributed by atoms with Crippen molar-refractivity contribution in [1.82, 2.24) is 0 Å². The standard InChI is InChI=1S/C13H10O3/c14-12-3-1-2-11(8-12)9-4-6-10(7-5-9)13(15)16/h1-8,14H,(H,15,16)/p-1. The van der Waals surface area contributed by atoms with E-state index in [9.17, 15) is 9.90 Å². The average Bonchev–Trinajstić information content (AvgIpc) is 2.29. The summed E-state index contributed by atoms with van der Waals surface area (Å²) in [5, 5.41) is 19.9. The fraction of sp³-hybridized carbons (Fsp3) is 0. The lowest BCUT2D eigenvalue weighted by atomic mass is 10.0. The van der Waals surface area contributed by atoms with Gasteiger partial charge in [0.15, 0.2) is 0 Å². The van der Waals surface area contributed by atoms with Crippen LogP contribution in [0.15, 0.2) is 48.5 Å². The molecule has 0 atom stereocenters. The number of carbonyl (C=O) groups is 1. The molecule has 3 heteroatoms. The number of hydrogen-bond donors (Lipinski definition) is 1. The minimum absolute atomic E-state index is 0.0557. The van der Waals surface area contributed by atoms with Gasteiger partial charge in [-0.2, -0.15) is 0 Å². The van der Waals surface area contributed by atoms with Crippen LogP contribution in [0.2, 0.25) is 0 Å². The Kier molecular flexibility index (Phi) is 2.60. The summed E-state index contributed by atoms with van der Waals surface area (Å²) in [6.45, 7) is 0. The SMILES string of the molecule is O=C(O)c1ccc(-c2cccc([O-])c2)cc1. The van der Waals surface area contributed by atoms with Gasteiger partial charge in [0, 0.05) is 0 Å². The summed E-state index contributed by atoms with van der Waals surface area (Å²) < 4.78 is 0. The second-order valence-corrected chi connectivity index (χ2v) is 3.41. The van der Waals surface area contributed by atoms with Gasteiger partial charge in [0.05, 0.1) is 5.56 Å². The predicted octanol–water partition coefficient (Wildman–Crippen LogP) is 2.13. The molecule has 3 nitrogen and oxygen atoms in total. The molecule has 0 spiro atoms. The third-order valence-electron chi connectivity index (χ3n) is 2.30. The summed E-state index contributed by atoms with van der Waals surface area (Å²) >= 11 is 0. The maximum Gasteiger partial charge on any atom is 0.335 e. The van der Waals surface area contributed by atoms with Crippen molar-refractivity contribution < 1.29 is 15.0 Å². The van der Waals surface area contributed by atoms with Crippen molar-refractivity contribution in [3.05, 3.63) is 54.1 Å². The van der Waals surface area contributed by atoms with E-state index in [-0.39, 0.29) is 11.3 Å². The zero-order valence-electron chi connectivity index (χ0n) is 8.38. The third-order valence-corrected chi connectivity index (χ3v) is 2.30. The Labute approximate surface area is 92.6 Å². The van der Waals surface area contributed by atoms with Crippen LogP contribution in [0.3, 0.4) is 0 Å². The minimum atomic E-state index is -0.955. The molecule has 0 heterocycles. The fourth-order valence-electron chi connectivity index (χ4n) is 1.48. The number of benzene rings is 2. The van der Waals surface area contributed by atoms with Crippen LogP contribution < -0.4 is 5.11 Å². The minimum Gasteiger partial charge on any atom is -0.872 e. The van der Waals surface area contributed by atoms with E-state index >= 15 is 0 Å². The van der Waals surface area contributed by atoms with Crippen molar-refractivity contribution in [2.45, 2.75) is 0 Å². The van der Waals surface area contributed by atoms with Crippen molar-refractivity contribution >= 4 is 5.97 Å². The van der Waals surface area contributed by atoms with Gasteiger partial charge in [0.1, 0.15) is 0 Å². The molecule has 0 unspecified atom stereocenters. The van der Waals surface area contributed by atoms with Crippen molar-refractivity contribution in [2.75, 3.05) is 0 Å². The van der Waals surface area contributed by atoms with Gasteiger partial charge in [-0.3, -0.25) is 0 Å². The van der Waals surface area contributed by atoms with Gasteiger partial charge in [-0.25, -0.2) is 4.79 Å². The van der Waals surface area contributed by atoms with E-state index in [0.29, 0.717) is 0 Å². The van der Waals surface area contributed by atoms with Gasteiger partial charge in [-0.15, -0.1) is 5.75 Å². The van der Waals surface area contributed by atoms with Gasteiger partial charge in [-0.1, -0.05) is 36.4 Å². The van der Waals surface area contributed by atoms with E-state index in [2.05, 4.69) is 0 Å². The van der Waals surface area contributed by atoms with E-state index < -0.39 is 5.97 Å². The topological polar surface area (TPSA) is 60.4 Å². The van der Waals surface area contributed by atoms with Crippen molar-refractivity contribution in [1.29, 1.82) is 0 Å². The van der Waals surface area contributed by atoms with Crippen LogP contribution in [0.4, 0.5) is 0 Å². The third kappa shape index (κ3) is 2.03. The molecular weight excluding hydrogens is 204 g/mol. The van der Waals surface area contributed by atoms with E-state index in [0.717, 1.165) is 11.1 Å². The maximum absolute atomic E-state index is 11.1. The number of aromatic carboxylic acids is 1. The number of carboxylic acids is 1. The van der Waals surface area contributed by atoms with E-state index in [1.54, 1.807) is 18.2 Å². The molecule has 0 aliphatic rings. The molecule has 1 N–H and O–H groups in total. The lowest BCUT2D eigenvalue weighted by molar-refractivity contribution is -0.268. The Morgan fingerprint density at radius 2 is 1.69 bits per heavy atom. The largest absolute Gasteiger partial charge is 0.872 e. The highest BCUT2D eigenvalue weighted by Gasteiger charge is 2.02. The van der Waals surface area contributed by atoms with Gasteiger partial charge >= 0.3 is 5.97 Å². The molecule has 0 fully saturated rings. The number of carboxylic acid groups (broad SMARTS) is 1. The summed E-state index contributed by atoms with van der Waals surface area (Å²) in [5.41, 5.74) is 1.87. The Bertz CT molecular complexity index is 515. The smallest absolute Gasteiger partial charge is 0.335 e. The van der Waals surface area contributed by atoms with Crippen molar-refractivity contribution in [2.24, 2.45) is 0 Å². The van der Waals surface area contributed by atoms with E-state index in [4.69, 9.17) is 5.11 Å². The molecule has 0 aliphatic heterocycles. The highest BCUT2D eigenvalue weighted by molar-refractivity contribution is 5.88. The summed E-state index contributed by atoms with van der Waals surface area (Å²) in [7, 11) is 0. The Morgan fingerprint density at radius 1 is 1.00 bits per heavy atom. The highest BCUT2D eigenvalue weighted by atomic mass is 16.4. The van der Waals surface area contributed by atoms with E-state index in [1.807, 2.05) is 6.07 Å². The molecule has 0 amide bonds. The van der Waals surface area contributed by atoms with Crippen LogP contribution in [0.1, 0.15) is 10.4 Å². The molecule has 2 rings (SSSR count). The van der Waals surface area contributed by atoms with Crippen LogP contribution >= 0.6 is 0 Å². The lowest BCUT2D eigenvalue weighted by Crippen LogP contribution is -1.95. The quantitative estimate of drug-likeness (QED) is 0.831. The molecule has 80 valence electrons. The summed E-state index contributed by atoms with van der Waals surface area (Å²) in [6, 6.07) is 12.9. The summed E-state index contributed by atoms with van der Waals surface area (Å²) in [6.07, 6.45) is 0. The zero-order chi connectivity index (χ0) is 11.5.